The average Bonchev–Trinajstić information content (AvgIpc) is 3.39. The van der Waals surface area contributed by atoms with E-state index < -0.39 is 5.60 Å². The molecule has 4 aliphatic rings. The van der Waals surface area contributed by atoms with Gasteiger partial charge in [0.1, 0.15) is 17.6 Å². The molecular formula is C30H43N3O2. The van der Waals surface area contributed by atoms with Crippen LogP contribution in [0.1, 0.15) is 90.5 Å². The maximum absolute atomic E-state index is 13.7. The second-order valence-electron chi connectivity index (χ2n) is 13.3. The summed E-state index contributed by atoms with van der Waals surface area (Å²) in [6, 6.07) is 6.04. The van der Waals surface area contributed by atoms with Crippen molar-refractivity contribution in [2.45, 2.75) is 104 Å². The molecule has 1 aromatic carbocycles. The number of fused-ring (bicyclic) bond motifs is 6. The van der Waals surface area contributed by atoms with E-state index in [9.17, 15) is 9.90 Å². The third-order valence-corrected chi connectivity index (χ3v) is 11.7. The summed E-state index contributed by atoms with van der Waals surface area (Å²) >= 11 is 0. The summed E-state index contributed by atoms with van der Waals surface area (Å²) < 4.78 is 0. The van der Waals surface area contributed by atoms with Crippen molar-refractivity contribution in [2.24, 2.45) is 40.4 Å². The van der Waals surface area contributed by atoms with Crippen molar-refractivity contribution in [3.63, 3.8) is 0 Å². The Morgan fingerprint density at radius 2 is 1.89 bits per heavy atom. The summed E-state index contributed by atoms with van der Waals surface area (Å²) in [4.78, 5) is 15.3. The predicted molar refractivity (Wildman–Crippen MR) is 138 cm³/mol. The minimum Gasteiger partial charge on any atom is -0.390 e. The monoisotopic (exact) mass is 477 g/mol. The summed E-state index contributed by atoms with van der Waals surface area (Å²) in [6.07, 6.45) is 11.6. The molecule has 0 radical (unpaired) electrons. The standard InChI is InChI=1S/C30H43N3O2/c1-5-30-16-15-28(3,35)17-20(30)9-10-21-22-11-12-24(29(22,4)14-13-23(21)30)26(34)18-33-31-25-8-6-7-19(2)27(25)32-33/h6-8,20-24,35H,5,9-18H2,1-4H3/t20-,21-,22-,23-,24+,28+,29-,30-/m0/s1. The van der Waals surface area contributed by atoms with E-state index in [2.05, 4.69) is 44.0 Å². The van der Waals surface area contributed by atoms with Crippen molar-refractivity contribution in [2.75, 3.05) is 0 Å². The minimum atomic E-state index is -0.478. The van der Waals surface area contributed by atoms with Gasteiger partial charge in [0.2, 0.25) is 0 Å². The molecule has 0 aliphatic heterocycles. The van der Waals surface area contributed by atoms with Gasteiger partial charge in [-0.25, -0.2) is 0 Å². The second kappa shape index (κ2) is 8.13. The first kappa shape index (κ1) is 23.6. The van der Waals surface area contributed by atoms with Crippen molar-refractivity contribution in [1.29, 1.82) is 0 Å². The number of hydrogen-bond donors (Lipinski definition) is 1. The van der Waals surface area contributed by atoms with Crippen LogP contribution < -0.4 is 0 Å². The molecule has 5 nitrogen and oxygen atoms in total. The Morgan fingerprint density at radius 1 is 1.06 bits per heavy atom. The molecule has 1 aromatic heterocycles. The number of ketones is 1. The third kappa shape index (κ3) is 3.54. The molecule has 0 saturated heterocycles. The summed E-state index contributed by atoms with van der Waals surface area (Å²) in [7, 11) is 0. The number of aromatic nitrogens is 3. The van der Waals surface area contributed by atoms with E-state index in [1.165, 1.54) is 44.9 Å². The van der Waals surface area contributed by atoms with Crippen molar-refractivity contribution in [3.8, 4) is 0 Å². The van der Waals surface area contributed by atoms with Crippen LogP contribution in [0.5, 0.6) is 0 Å². The number of aryl methyl sites for hydroxylation is 1. The second-order valence-corrected chi connectivity index (χ2v) is 13.3. The van der Waals surface area contributed by atoms with Crippen LogP contribution in [-0.2, 0) is 11.3 Å². The van der Waals surface area contributed by atoms with E-state index in [0.29, 0.717) is 29.6 Å². The van der Waals surface area contributed by atoms with Gasteiger partial charge in [-0.1, -0.05) is 26.0 Å². The highest BCUT2D eigenvalue weighted by molar-refractivity contribution is 5.82. The van der Waals surface area contributed by atoms with Crippen LogP contribution in [0.3, 0.4) is 0 Å². The largest absolute Gasteiger partial charge is 0.390 e. The van der Waals surface area contributed by atoms with Crippen LogP contribution >= 0.6 is 0 Å². The molecule has 1 heterocycles. The highest BCUT2D eigenvalue weighted by atomic mass is 16.3. The summed E-state index contributed by atoms with van der Waals surface area (Å²) in [5.74, 6) is 3.32. The normalized spacial score (nSPS) is 42.9. The van der Waals surface area contributed by atoms with Crippen LogP contribution in [0.4, 0.5) is 0 Å². The molecule has 6 rings (SSSR count). The fraction of sp³-hybridized carbons (Fsp3) is 0.767. The quantitative estimate of drug-likeness (QED) is 0.577. The van der Waals surface area contributed by atoms with Crippen LogP contribution in [0, 0.1) is 47.3 Å². The number of benzene rings is 1. The molecule has 4 aliphatic carbocycles. The number of rotatable bonds is 4. The van der Waals surface area contributed by atoms with Crippen LogP contribution in [0.2, 0.25) is 0 Å². The fourth-order valence-electron chi connectivity index (χ4n) is 9.91. The maximum Gasteiger partial charge on any atom is 0.159 e. The highest BCUT2D eigenvalue weighted by Gasteiger charge is 2.62. The number of Topliss-reactive ketones (excluding diaryl/α,β-unsaturated/α-hetero) is 1. The Labute approximate surface area is 210 Å². The van der Waals surface area contributed by atoms with E-state index >= 15 is 0 Å². The third-order valence-electron chi connectivity index (χ3n) is 11.7. The topological polar surface area (TPSA) is 68.0 Å². The molecule has 0 spiro atoms. The van der Waals surface area contributed by atoms with Gasteiger partial charge in [-0.05, 0) is 124 Å². The molecule has 190 valence electrons. The maximum atomic E-state index is 13.7. The number of hydrogen-bond acceptors (Lipinski definition) is 4. The Morgan fingerprint density at radius 3 is 2.66 bits per heavy atom. The lowest BCUT2D eigenvalue weighted by Gasteiger charge is -2.63. The highest BCUT2D eigenvalue weighted by Crippen LogP contribution is 2.69. The molecule has 0 bridgehead atoms. The average molecular weight is 478 g/mol. The van der Waals surface area contributed by atoms with Gasteiger partial charge in [-0.3, -0.25) is 4.79 Å². The van der Waals surface area contributed by atoms with Gasteiger partial charge in [0.05, 0.1) is 5.60 Å². The van der Waals surface area contributed by atoms with Gasteiger partial charge in [-0.15, -0.1) is 0 Å². The molecule has 35 heavy (non-hydrogen) atoms. The zero-order chi connectivity index (χ0) is 24.6. The Bertz CT molecular complexity index is 1140. The Hall–Kier alpha value is -1.75. The first-order valence-electron chi connectivity index (χ1n) is 14.2. The zero-order valence-corrected chi connectivity index (χ0v) is 22.1. The predicted octanol–water partition coefficient (Wildman–Crippen LogP) is 6.11. The van der Waals surface area contributed by atoms with Gasteiger partial charge in [0, 0.05) is 5.92 Å². The van der Waals surface area contributed by atoms with Gasteiger partial charge in [-0.2, -0.15) is 15.0 Å². The first-order chi connectivity index (χ1) is 16.7. The molecule has 2 aromatic rings. The summed E-state index contributed by atoms with van der Waals surface area (Å²) in [5, 5.41) is 20.1. The number of nitrogens with zero attached hydrogens (tertiary/aromatic N) is 3. The lowest BCUT2D eigenvalue weighted by molar-refractivity contribution is -0.158. The van der Waals surface area contributed by atoms with Gasteiger partial charge < -0.3 is 5.11 Å². The first-order valence-corrected chi connectivity index (χ1v) is 14.2. The van der Waals surface area contributed by atoms with Gasteiger partial charge >= 0.3 is 0 Å². The lowest BCUT2D eigenvalue weighted by Crippen LogP contribution is -2.56. The van der Waals surface area contributed by atoms with Crippen LogP contribution in [0.15, 0.2) is 18.2 Å². The van der Waals surface area contributed by atoms with Crippen molar-refractivity contribution in [3.05, 3.63) is 23.8 Å². The van der Waals surface area contributed by atoms with E-state index in [0.717, 1.165) is 47.7 Å². The van der Waals surface area contributed by atoms with E-state index in [1.54, 1.807) is 4.80 Å². The molecule has 8 atom stereocenters. The van der Waals surface area contributed by atoms with Crippen molar-refractivity contribution >= 4 is 16.8 Å². The zero-order valence-electron chi connectivity index (χ0n) is 22.1. The van der Waals surface area contributed by atoms with E-state index in [4.69, 9.17) is 0 Å². The van der Waals surface area contributed by atoms with Crippen LogP contribution in [0.25, 0.3) is 11.0 Å². The SMILES string of the molecule is CC[C@]12CC[C@@](C)(O)C[C@@H]1CC[C@H]1[C@@H]3CC[C@H](C(=O)Cn4nc5cccc(C)c5n4)[C@@]3(C)CC[C@@H]12. The number of aliphatic hydroxyl groups is 1. The lowest BCUT2D eigenvalue weighted by atomic mass is 9.42. The molecule has 1 N–H and O–H groups in total. The number of carbonyl (C=O) groups excluding carboxylic acids is 1. The van der Waals surface area contributed by atoms with Gasteiger partial charge in [0.15, 0.2) is 5.78 Å². The molecule has 4 fully saturated rings. The fourth-order valence-corrected chi connectivity index (χ4v) is 9.91. The Balaban J connectivity index is 1.22. The minimum absolute atomic E-state index is 0.114. The smallest absolute Gasteiger partial charge is 0.159 e. The van der Waals surface area contributed by atoms with Crippen LogP contribution in [-0.4, -0.2) is 31.5 Å². The van der Waals surface area contributed by atoms with E-state index in [1.807, 2.05) is 12.1 Å². The molecular weight excluding hydrogens is 434 g/mol. The van der Waals surface area contributed by atoms with E-state index in [-0.39, 0.29) is 11.3 Å². The van der Waals surface area contributed by atoms with Crippen molar-refractivity contribution < 1.29 is 9.90 Å². The Kier molecular flexibility index (Phi) is 5.49. The molecule has 5 heteroatoms. The summed E-state index contributed by atoms with van der Waals surface area (Å²) in [6.45, 7) is 9.26. The van der Waals surface area contributed by atoms with Crippen molar-refractivity contribution in [1.82, 2.24) is 15.0 Å². The number of carbonyl (C=O) groups is 1. The molecule has 0 unspecified atom stereocenters. The molecule has 0 amide bonds. The summed E-state index contributed by atoms with van der Waals surface area (Å²) in [5.41, 5.74) is 2.94. The van der Waals surface area contributed by atoms with Gasteiger partial charge in [0.25, 0.3) is 0 Å². The molecule has 4 saturated carbocycles.